The molecule has 2 aromatic heterocycles. The molecule has 148 valence electrons. The van der Waals surface area contributed by atoms with E-state index in [2.05, 4.69) is 4.98 Å². The van der Waals surface area contributed by atoms with Crippen LogP contribution in [0.5, 0.6) is 5.75 Å². The van der Waals surface area contributed by atoms with Gasteiger partial charge in [-0.15, -0.1) is 11.3 Å². The average Bonchev–Trinajstić information content (AvgIpc) is 3.02. The predicted molar refractivity (Wildman–Crippen MR) is 108 cm³/mol. The third-order valence-electron chi connectivity index (χ3n) is 4.16. The van der Waals surface area contributed by atoms with Gasteiger partial charge in [-0.2, -0.15) is 0 Å². The van der Waals surface area contributed by atoms with Gasteiger partial charge in [0.05, 0.1) is 24.9 Å². The van der Waals surface area contributed by atoms with Crippen LogP contribution in [0, 0.1) is 6.92 Å². The quantitative estimate of drug-likeness (QED) is 0.426. The fraction of sp³-hybridized carbons (Fsp3) is 0.350. The van der Waals surface area contributed by atoms with Crippen molar-refractivity contribution in [2.24, 2.45) is 0 Å². The van der Waals surface area contributed by atoms with Crippen molar-refractivity contribution in [2.75, 3.05) is 26.9 Å². The number of aryl methyl sites for hydroxylation is 1. The van der Waals surface area contributed by atoms with Crippen LogP contribution in [0.15, 0.2) is 35.4 Å². The lowest BCUT2D eigenvalue weighted by Crippen LogP contribution is -2.26. The summed E-state index contributed by atoms with van der Waals surface area (Å²) in [5.74, 6) is 0.271. The van der Waals surface area contributed by atoms with Crippen LogP contribution in [0.25, 0.3) is 21.3 Å². The summed E-state index contributed by atoms with van der Waals surface area (Å²) in [6, 6.07) is 7.61. The SMILES string of the molecule is CCOc1ccc(-c2c(C)sc3ncn(CC(=O)OCCOC)c(=O)c23)cc1. The Kier molecular flexibility index (Phi) is 6.43. The molecule has 1 aromatic carbocycles. The molecule has 0 atom stereocenters. The number of methoxy groups -OCH3 is 1. The Morgan fingerprint density at radius 3 is 2.64 bits per heavy atom. The topological polar surface area (TPSA) is 79.7 Å². The van der Waals surface area contributed by atoms with Gasteiger partial charge in [0.1, 0.15) is 23.7 Å². The zero-order valence-electron chi connectivity index (χ0n) is 16.1. The number of ether oxygens (including phenoxy) is 3. The Morgan fingerprint density at radius 1 is 1.21 bits per heavy atom. The number of esters is 1. The van der Waals surface area contributed by atoms with Gasteiger partial charge in [-0.25, -0.2) is 4.98 Å². The van der Waals surface area contributed by atoms with Crippen molar-refractivity contribution in [3.05, 3.63) is 45.8 Å². The number of rotatable bonds is 8. The molecule has 0 aliphatic heterocycles. The van der Waals surface area contributed by atoms with Crippen molar-refractivity contribution in [3.8, 4) is 16.9 Å². The van der Waals surface area contributed by atoms with Crippen LogP contribution in [0.3, 0.4) is 0 Å². The number of fused-ring (bicyclic) bond motifs is 1. The molecule has 0 radical (unpaired) electrons. The molecule has 0 unspecified atom stereocenters. The van der Waals surface area contributed by atoms with Crippen molar-refractivity contribution >= 4 is 27.5 Å². The lowest BCUT2D eigenvalue weighted by atomic mass is 10.0. The maximum Gasteiger partial charge on any atom is 0.326 e. The zero-order valence-corrected chi connectivity index (χ0v) is 16.9. The number of benzene rings is 1. The first kappa shape index (κ1) is 20.0. The van der Waals surface area contributed by atoms with E-state index in [0.717, 1.165) is 21.8 Å². The third-order valence-corrected chi connectivity index (χ3v) is 5.17. The number of carbonyl (C=O) groups excluding carboxylic acids is 1. The van der Waals surface area contributed by atoms with Crippen molar-refractivity contribution in [3.63, 3.8) is 0 Å². The first-order chi connectivity index (χ1) is 13.5. The van der Waals surface area contributed by atoms with Crippen LogP contribution in [0.1, 0.15) is 11.8 Å². The van der Waals surface area contributed by atoms with Crippen LogP contribution in [0.2, 0.25) is 0 Å². The monoisotopic (exact) mass is 402 g/mol. The molecule has 0 fully saturated rings. The molecule has 0 saturated heterocycles. The Balaban J connectivity index is 1.96. The number of carbonyl (C=O) groups is 1. The molecule has 0 N–H and O–H groups in total. The van der Waals surface area contributed by atoms with Crippen LogP contribution in [-0.2, 0) is 20.8 Å². The maximum atomic E-state index is 13.0. The van der Waals surface area contributed by atoms with E-state index in [0.29, 0.717) is 23.4 Å². The van der Waals surface area contributed by atoms with Gasteiger partial charge in [0.25, 0.3) is 5.56 Å². The second kappa shape index (κ2) is 8.99. The van der Waals surface area contributed by atoms with Gasteiger partial charge in [-0.05, 0) is 31.5 Å². The molecule has 2 heterocycles. The van der Waals surface area contributed by atoms with E-state index >= 15 is 0 Å². The Hall–Kier alpha value is -2.71. The van der Waals surface area contributed by atoms with E-state index in [-0.39, 0.29) is 18.7 Å². The van der Waals surface area contributed by atoms with E-state index in [1.807, 2.05) is 38.1 Å². The van der Waals surface area contributed by atoms with Crippen LogP contribution < -0.4 is 10.3 Å². The fourth-order valence-corrected chi connectivity index (χ4v) is 3.91. The average molecular weight is 402 g/mol. The largest absolute Gasteiger partial charge is 0.494 e. The Bertz CT molecular complexity index is 1020. The maximum absolute atomic E-state index is 13.0. The highest BCUT2D eigenvalue weighted by Gasteiger charge is 2.18. The molecule has 7 nitrogen and oxygen atoms in total. The first-order valence-corrected chi connectivity index (χ1v) is 9.73. The summed E-state index contributed by atoms with van der Waals surface area (Å²) in [5.41, 5.74) is 1.48. The number of hydrogen-bond donors (Lipinski definition) is 0. The lowest BCUT2D eigenvalue weighted by Gasteiger charge is -2.08. The molecule has 0 amide bonds. The normalized spacial score (nSPS) is 11.0. The minimum atomic E-state index is -0.505. The molecule has 8 heteroatoms. The molecule has 0 bridgehead atoms. The van der Waals surface area contributed by atoms with Crippen LogP contribution in [0.4, 0.5) is 0 Å². The summed E-state index contributed by atoms with van der Waals surface area (Å²) in [7, 11) is 1.53. The summed E-state index contributed by atoms with van der Waals surface area (Å²) in [4.78, 5) is 31.0. The minimum absolute atomic E-state index is 0.148. The fourth-order valence-electron chi connectivity index (χ4n) is 2.91. The van der Waals surface area contributed by atoms with E-state index in [9.17, 15) is 9.59 Å². The Morgan fingerprint density at radius 2 is 1.96 bits per heavy atom. The highest BCUT2D eigenvalue weighted by molar-refractivity contribution is 7.19. The molecule has 3 rings (SSSR count). The standard InChI is InChI=1S/C20H22N2O5S/c1-4-26-15-7-5-14(6-8-15)17-13(2)28-19-18(17)20(24)22(12-21-19)11-16(23)27-10-9-25-3/h5-8,12H,4,9-11H2,1-3H3. The summed E-state index contributed by atoms with van der Waals surface area (Å²) in [5, 5.41) is 0.513. The molecular weight excluding hydrogens is 380 g/mol. The number of nitrogens with zero attached hydrogens (tertiary/aromatic N) is 2. The van der Waals surface area contributed by atoms with E-state index in [4.69, 9.17) is 14.2 Å². The van der Waals surface area contributed by atoms with E-state index in [1.54, 1.807) is 0 Å². The second-order valence-corrected chi connectivity index (χ2v) is 7.26. The molecule has 0 aliphatic carbocycles. The highest BCUT2D eigenvalue weighted by atomic mass is 32.1. The summed E-state index contributed by atoms with van der Waals surface area (Å²) >= 11 is 1.46. The molecule has 28 heavy (non-hydrogen) atoms. The minimum Gasteiger partial charge on any atom is -0.494 e. The smallest absolute Gasteiger partial charge is 0.326 e. The van der Waals surface area contributed by atoms with Crippen LogP contribution in [-0.4, -0.2) is 42.5 Å². The van der Waals surface area contributed by atoms with Gasteiger partial charge in [0.2, 0.25) is 0 Å². The summed E-state index contributed by atoms with van der Waals surface area (Å²) in [6.07, 6.45) is 1.39. The number of hydrogen-bond acceptors (Lipinski definition) is 7. The first-order valence-electron chi connectivity index (χ1n) is 8.91. The van der Waals surface area contributed by atoms with E-state index in [1.165, 1.54) is 29.3 Å². The Labute approximate surface area is 166 Å². The predicted octanol–water partition coefficient (Wildman–Crippen LogP) is 3.02. The van der Waals surface area contributed by atoms with Crippen molar-refractivity contribution in [1.82, 2.24) is 9.55 Å². The number of aromatic nitrogens is 2. The number of thiophene rings is 1. The van der Waals surface area contributed by atoms with Crippen molar-refractivity contribution < 1.29 is 19.0 Å². The summed E-state index contributed by atoms with van der Waals surface area (Å²) in [6.45, 7) is 4.75. The summed E-state index contributed by atoms with van der Waals surface area (Å²) < 4.78 is 16.7. The highest BCUT2D eigenvalue weighted by Crippen LogP contribution is 2.36. The van der Waals surface area contributed by atoms with E-state index < -0.39 is 5.97 Å². The van der Waals surface area contributed by atoms with Crippen molar-refractivity contribution in [2.45, 2.75) is 20.4 Å². The van der Waals surface area contributed by atoms with Gasteiger partial charge in [0, 0.05) is 17.6 Å². The van der Waals surface area contributed by atoms with Gasteiger partial charge in [0.15, 0.2) is 0 Å². The van der Waals surface area contributed by atoms with Gasteiger partial charge in [-0.1, -0.05) is 12.1 Å². The third kappa shape index (κ3) is 4.23. The molecular formula is C20H22N2O5S. The zero-order chi connectivity index (χ0) is 20.1. The molecule has 0 spiro atoms. The molecule has 3 aromatic rings. The van der Waals surface area contributed by atoms with Crippen molar-refractivity contribution in [1.29, 1.82) is 0 Å². The van der Waals surface area contributed by atoms with Gasteiger partial charge < -0.3 is 14.2 Å². The van der Waals surface area contributed by atoms with Crippen LogP contribution >= 0.6 is 11.3 Å². The van der Waals surface area contributed by atoms with Gasteiger partial charge in [-0.3, -0.25) is 14.2 Å². The van der Waals surface area contributed by atoms with Gasteiger partial charge >= 0.3 is 5.97 Å². The second-order valence-electron chi connectivity index (χ2n) is 6.06. The molecule has 0 aliphatic rings. The molecule has 0 saturated carbocycles. The lowest BCUT2D eigenvalue weighted by molar-refractivity contribution is -0.145.